The molecule has 47 heavy (non-hydrogen) atoms. The third-order valence-corrected chi connectivity index (χ3v) is 9.56. The molecule has 1 aromatic heterocycles. The number of hydrogen-bond acceptors (Lipinski definition) is 9. The van der Waals surface area contributed by atoms with Gasteiger partial charge in [-0.1, -0.05) is 60.7 Å². The monoisotopic (exact) mass is 675 g/mol. The highest BCUT2D eigenvalue weighted by molar-refractivity contribution is 8.00. The molecule has 3 amide bonds. The van der Waals surface area contributed by atoms with Gasteiger partial charge in [-0.25, -0.2) is 4.79 Å². The number of aliphatic hydroxyl groups is 2. The fourth-order valence-electron chi connectivity index (χ4n) is 5.08. The maximum absolute atomic E-state index is 13.3. The van der Waals surface area contributed by atoms with E-state index in [1.54, 1.807) is 47.4 Å². The molecule has 0 spiro atoms. The molecule has 0 radical (unpaired) electrons. The summed E-state index contributed by atoms with van der Waals surface area (Å²) in [6.45, 7) is -1.25. The minimum Gasteiger partial charge on any atom is -0.484 e. The van der Waals surface area contributed by atoms with Crippen molar-refractivity contribution in [3.8, 4) is 5.75 Å². The fourth-order valence-corrected chi connectivity index (χ4v) is 7.09. The van der Waals surface area contributed by atoms with E-state index in [-0.39, 0.29) is 11.9 Å². The minimum atomic E-state index is -1.53. The lowest BCUT2D eigenvalue weighted by molar-refractivity contribution is -0.143. The number of para-hydroxylation sites is 1. The minimum absolute atomic E-state index is 0.0496. The number of carboxylic acids is 1. The Balaban J connectivity index is 1.24. The standard InChI is InChI=1S/C34H33N3O8S2/c38-17-26(34(43)44)35-32(41)29(21-7-3-1-4-8-21)36-28(40)18-45-25-13-11-22(12-14-25)30-31(47-20-27(39)23-15-16-46-19-23)33(42)37(30)24-9-5-2-6-10-24/h1-16,19,26-27,29-31,38-39H,17-18,20H2,(H,35,41)(H,36,40)(H,43,44)/t26-,27?,29+,30-,31-/m0/s1. The van der Waals surface area contributed by atoms with E-state index in [1.807, 2.05) is 59.3 Å². The molecule has 1 unspecified atom stereocenters. The second-order valence-corrected chi connectivity index (χ2v) is 12.6. The summed E-state index contributed by atoms with van der Waals surface area (Å²) in [5.41, 5.74) is 2.85. The van der Waals surface area contributed by atoms with Crippen molar-refractivity contribution in [2.45, 2.75) is 29.5 Å². The van der Waals surface area contributed by atoms with Crippen LogP contribution < -0.4 is 20.3 Å². The molecular formula is C34H33N3O8S2. The zero-order valence-corrected chi connectivity index (χ0v) is 26.6. The summed E-state index contributed by atoms with van der Waals surface area (Å²) in [5, 5.41) is 37.3. The van der Waals surface area contributed by atoms with Gasteiger partial charge in [0.25, 0.3) is 5.91 Å². The van der Waals surface area contributed by atoms with E-state index >= 15 is 0 Å². The maximum Gasteiger partial charge on any atom is 0.328 e. The summed E-state index contributed by atoms with van der Waals surface area (Å²) < 4.78 is 5.70. The molecule has 244 valence electrons. The molecule has 1 saturated heterocycles. The van der Waals surface area contributed by atoms with Crippen molar-refractivity contribution in [2.75, 3.05) is 23.9 Å². The number of carbonyl (C=O) groups excluding carboxylic acids is 3. The smallest absolute Gasteiger partial charge is 0.328 e. The Bertz CT molecular complexity index is 1660. The third kappa shape index (κ3) is 8.19. The highest BCUT2D eigenvalue weighted by Crippen LogP contribution is 2.46. The van der Waals surface area contributed by atoms with Crippen LogP contribution in [0.3, 0.4) is 0 Å². The van der Waals surface area contributed by atoms with E-state index in [4.69, 9.17) is 4.74 Å². The summed E-state index contributed by atoms with van der Waals surface area (Å²) in [6, 6.07) is 23.5. The normalized spacial score (nSPS) is 17.6. The number of hydrogen-bond donors (Lipinski definition) is 5. The largest absolute Gasteiger partial charge is 0.484 e. The second kappa shape index (κ2) is 15.7. The lowest BCUT2D eigenvalue weighted by atomic mass is 9.92. The number of carbonyl (C=O) groups is 4. The zero-order valence-electron chi connectivity index (χ0n) is 25.0. The lowest BCUT2D eigenvalue weighted by Crippen LogP contribution is -2.57. The van der Waals surface area contributed by atoms with E-state index in [9.17, 15) is 34.5 Å². The average molecular weight is 676 g/mol. The number of anilines is 1. The second-order valence-electron chi connectivity index (χ2n) is 10.7. The quantitative estimate of drug-likeness (QED) is 0.119. The first kappa shape index (κ1) is 33.7. The van der Waals surface area contributed by atoms with Crippen LogP contribution in [0, 0.1) is 0 Å². The lowest BCUT2D eigenvalue weighted by Gasteiger charge is -2.47. The van der Waals surface area contributed by atoms with Crippen molar-refractivity contribution in [2.24, 2.45) is 0 Å². The van der Waals surface area contributed by atoms with Gasteiger partial charge in [0.05, 0.1) is 18.8 Å². The average Bonchev–Trinajstić information content (AvgIpc) is 3.64. The summed E-state index contributed by atoms with van der Waals surface area (Å²) in [4.78, 5) is 52.1. The number of thioether (sulfide) groups is 1. The first-order chi connectivity index (χ1) is 22.8. The highest BCUT2D eigenvalue weighted by Gasteiger charge is 2.49. The van der Waals surface area contributed by atoms with Gasteiger partial charge in [0.15, 0.2) is 6.61 Å². The van der Waals surface area contributed by atoms with Gasteiger partial charge < -0.3 is 35.6 Å². The maximum atomic E-state index is 13.3. The molecule has 0 saturated carbocycles. The van der Waals surface area contributed by atoms with E-state index in [1.165, 1.54) is 23.1 Å². The number of ether oxygens (including phenoxy) is 1. The zero-order chi connectivity index (χ0) is 33.3. The van der Waals surface area contributed by atoms with Gasteiger partial charge in [-0.3, -0.25) is 14.4 Å². The molecule has 4 aromatic rings. The van der Waals surface area contributed by atoms with Crippen molar-refractivity contribution in [3.05, 3.63) is 118 Å². The number of aliphatic carboxylic acids is 1. The molecule has 1 aliphatic rings. The Morgan fingerprint density at radius 2 is 1.60 bits per heavy atom. The summed E-state index contributed by atoms with van der Waals surface area (Å²) in [6.07, 6.45) is -0.687. The topological polar surface area (TPSA) is 165 Å². The van der Waals surface area contributed by atoms with Gasteiger partial charge in [-0.15, -0.1) is 11.8 Å². The highest BCUT2D eigenvalue weighted by atomic mass is 32.2. The van der Waals surface area contributed by atoms with Crippen LogP contribution in [0.4, 0.5) is 5.69 Å². The van der Waals surface area contributed by atoms with E-state index in [0.29, 0.717) is 17.1 Å². The van der Waals surface area contributed by atoms with Crippen LogP contribution in [0.1, 0.15) is 34.9 Å². The van der Waals surface area contributed by atoms with Crippen LogP contribution in [0.2, 0.25) is 0 Å². The van der Waals surface area contributed by atoms with E-state index < -0.39 is 54.4 Å². The van der Waals surface area contributed by atoms with Crippen molar-refractivity contribution < 1.29 is 39.2 Å². The number of amides is 3. The van der Waals surface area contributed by atoms with Gasteiger partial charge in [0.1, 0.15) is 23.1 Å². The molecule has 1 fully saturated rings. The molecule has 3 aromatic carbocycles. The summed E-state index contributed by atoms with van der Waals surface area (Å²) in [7, 11) is 0. The Morgan fingerprint density at radius 1 is 0.915 bits per heavy atom. The molecule has 2 heterocycles. The van der Waals surface area contributed by atoms with Crippen molar-refractivity contribution >= 4 is 52.5 Å². The number of aliphatic hydroxyl groups excluding tert-OH is 2. The van der Waals surface area contributed by atoms with Crippen LogP contribution in [0.15, 0.2) is 102 Å². The fraction of sp³-hybridized carbons (Fsp3) is 0.235. The first-order valence-electron chi connectivity index (χ1n) is 14.7. The van der Waals surface area contributed by atoms with Gasteiger partial charge in [0, 0.05) is 11.4 Å². The SMILES string of the molecule is O=C(COc1ccc([C@H]2[C@H](SCC(O)c3ccsc3)C(=O)N2c2ccccc2)cc1)N[C@@H](C(=O)N[C@@H](CO)C(=O)O)c1ccccc1. The predicted molar refractivity (Wildman–Crippen MR) is 178 cm³/mol. The van der Waals surface area contributed by atoms with Gasteiger partial charge >= 0.3 is 5.97 Å². The van der Waals surface area contributed by atoms with Gasteiger partial charge in [-0.2, -0.15) is 11.3 Å². The molecule has 1 aliphatic heterocycles. The third-order valence-electron chi connectivity index (χ3n) is 7.53. The Kier molecular flexibility index (Phi) is 11.3. The number of thiophene rings is 1. The Labute approximate surface area is 279 Å². The summed E-state index contributed by atoms with van der Waals surface area (Å²) >= 11 is 2.91. The number of β-lactam (4-membered cyclic amide) rings is 1. The summed E-state index contributed by atoms with van der Waals surface area (Å²) in [5.74, 6) is -2.15. The number of nitrogens with one attached hydrogen (secondary N) is 2. The van der Waals surface area contributed by atoms with Crippen molar-refractivity contribution in [1.82, 2.24) is 10.6 Å². The molecule has 0 aliphatic carbocycles. The molecule has 5 N–H and O–H groups in total. The molecule has 11 nitrogen and oxygen atoms in total. The molecule has 0 bridgehead atoms. The molecule has 5 atom stereocenters. The van der Waals surface area contributed by atoms with Crippen LogP contribution in [-0.4, -0.2) is 69.3 Å². The number of carboxylic acid groups (broad SMARTS) is 1. The first-order valence-corrected chi connectivity index (χ1v) is 16.7. The van der Waals surface area contributed by atoms with Crippen LogP contribution in [0.25, 0.3) is 0 Å². The molecule has 13 heteroatoms. The molecular weight excluding hydrogens is 643 g/mol. The Hall–Kier alpha value is -4.69. The van der Waals surface area contributed by atoms with Gasteiger partial charge in [0.2, 0.25) is 11.8 Å². The molecule has 5 rings (SSSR count). The van der Waals surface area contributed by atoms with Gasteiger partial charge in [-0.05, 0) is 57.8 Å². The van der Waals surface area contributed by atoms with Crippen LogP contribution in [0.5, 0.6) is 5.75 Å². The number of benzene rings is 3. The van der Waals surface area contributed by atoms with Crippen molar-refractivity contribution in [3.63, 3.8) is 0 Å². The van der Waals surface area contributed by atoms with E-state index in [0.717, 1.165) is 16.8 Å². The van der Waals surface area contributed by atoms with Crippen LogP contribution in [-0.2, 0) is 19.2 Å². The predicted octanol–water partition coefficient (Wildman–Crippen LogP) is 3.47. The number of rotatable bonds is 15. The number of nitrogens with zero attached hydrogens (tertiary/aromatic N) is 1. The Morgan fingerprint density at radius 3 is 2.21 bits per heavy atom. The van der Waals surface area contributed by atoms with Crippen LogP contribution >= 0.6 is 23.1 Å². The van der Waals surface area contributed by atoms with E-state index in [2.05, 4.69) is 10.6 Å². The van der Waals surface area contributed by atoms with Crippen molar-refractivity contribution in [1.29, 1.82) is 0 Å².